The monoisotopic (exact) mass is 297 g/mol. The summed E-state index contributed by atoms with van der Waals surface area (Å²) in [5, 5.41) is 14.9. The van der Waals surface area contributed by atoms with Crippen molar-refractivity contribution in [2.24, 2.45) is 12.0 Å². The molecule has 0 aliphatic carbocycles. The number of pyridine rings is 1. The Labute approximate surface area is 128 Å². The largest absolute Gasteiger partial charge is 0.353 e. The molecule has 0 bridgehead atoms. The molecule has 3 heterocycles. The molecule has 3 aromatic heterocycles. The summed E-state index contributed by atoms with van der Waals surface area (Å²) in [4.78, 5) is 4.22. The summed E-state index contributed by atoms with van der Waals surface area (Å²) < 4.78 is 4.03. The molecule has 0 saturated carbocycles. The Bertz CT molecular complexity index is 784. The van der Waals surface area contributed by atoms with Gasteiger partial charge < -0.3 is 15.2 Å². The van der Waals surface area contributed by atoms with Crippen LogP contribution in [0.15, 0.2) is 47.7 Å². The summed E-state index contributed by atoms with van der Waals surface area (Å²) in [6.45, 7) is 1.27. The van der Waals surface area contributed by atoms with E-state index < -0.39 is 0 Å². The van der Waals surface area contributed by atoms with Crippen LogP contribution in [0.1, 0.15) is 11.5 Å². The van der Waals surface area contributed by atoms with Crippen LogP contribution in [0, 0.1) is 0 Å². The van der Waals surface area contributed by atoms with E-state index in [1.807, 2.05) is 48.1 Å². The highest BCUT2D eigenvalue weighted by Gasteiger charge is 2.06. The van der Waals surface area contributed by atoms with Crippen molar-refractivity contribution in [1.29, 1.82) is 0 Å². The topological polar surface area (TPSA) is 71.5 Å². The van der Waals surface area contributed by atoms with Crippen molar-refractivity contribution in [3.8, 4) is 0 Å². The molecule has 0 saturated heterocycles. The highest BCUT2D eigenvalue weighted by atomic mass is 15.3. The first-order valence-corrected chi connectivity index (χ1v) is 7.11. The summed E-state index contributed by atoms with van der Waals surface area (Å²) >= 11 is 0. The molecule has 0 amide bonds. The second-order valence-corrected chi connectivity index (χ2v) is 4.93. The van der Waals surface area contributed by atoms with Crippen LogP contribution in [-0.4, -0.2) is 32.2 Å². The van der Waals surface area contributed by atoms with E-state index in [1.165, 1.54) is 5.69 Å². The van der Waals surface area contributed by atoms with E-state index in [1.54, 1.807) is 7.05 Å². The van der Waals surface area contributed by atoms with Crippen LogP contribution in [0.4, 0.5) is 0 Å². The summed E-state index contributed by atoms with van der Waals surface area (Å²) in [6.07, 6.45) is 3.97. The molecule has 2 N–H and O–H groups in total. The Kier molecular flexibility index (Phi) is 4.04. The quantitative estimate of drug-likeness (QED) is 0.555. The highest BCUT2D eigenvalue weighted by molar-refractivity contribution is 5.79. The number of guanidine groups is 1. The van der Waals surface area contributed by atoms with E-state index in [0.717, 1.165) is 17.4 Å². The summed E-state index contributed by atoms with van der Waals surface area (Å²) in [5.74, 6) is 1.58. The number of aliphatic imine (C=N–C) groups is 1. The number of rotatable bonds is 4. The normalized spacial score (nSPS) is 11.8. The highest BCUT2D eigenvalue weighted by Crippen LogP contribution is 2.02. The van der Waals surface area contributed by atoms with Gasteiger partial charge in [0.15, 0.2) is 17.4 Å². The predicted molar refractivity (Wildman–Crippen MR) is 85.4 cm³/mol. The predicted octanol–water partition coefficient (Wildman–Crippen LogP) is 0.933. The van der Waals surface area contributed by atoms with Gasteiger partial charge in [-0.15, -0.1) is 10.2 Å². The van der Waals surface area contributed by atoms with Crippen molar-refractivity contribution < 1.29 is 0 Å². The lowest BCUT2D eigenvalue weighted by Gasteiger charge is -2.11. The Balaban J connectivity index is 1.60. The molecule has 0 radical (unpaired) electrons. The Morgan fingerprint density at radius 1 is 1.09 bits per heavy atom. The van der Waals surface area contributed by atoms with Crippen molar-refractivity contribution >= 4 is 11.6 Å². The lowest BCUT2D eigenvalue weighted by molar-refractivity contribution is 0.733. The molecule has 0 aromatic carbocycles. The first-order chi connectivity index (χ1) is 10.8. The van der Waals surface area contributed by atoms with Gasteiger partial charge in [0.25, 0.3) is 0 Å². The van der Waals surface area contributed by atoms with Gasteiger partial charge in [-0.05, 0) is 24.3 Å². The number of nitrogens with zero attached hydrogens (tertiary/aromatic N) is 5. The van der Waals surface area contributed by atoms with Gasteiger partial charge in [-0.25, -0.2) is 0 Å². The molecule has 7 nitrogen and oxygen atoms in total. The maximum atomic E-state index is 4.22. The zero-order valence-electron chi connectivity index (χ0n) is 12.7. The fourth-order valence-electron chi connectivity index (χ4n) is 2.25. The fourth-order valence-corrected chi connectivity index (χ4v) is 2.25. The van der Waals surface area contributed by atoms with Crippen LogP contribution in [0.2, 0.25) is 0 Å². The fraction of sp³-hybridized carbons (Fsp3) is 0.267. The minimum absolute atomic E-state index is 0.554. The molecule has 3 rings (SSSR count). The van der Waals surface area contributed by atoms with E-state index in [-0.39, 0.29) is 0 Å². The van der Waals surface area contributed by atoms with Gasteiger partial charge in [0.2, 0.25) is 0 Å². The van der Waals surface area contributed by atoms with Crippen molar-refractivity contribution in [2.75, 3.05) is 7.05 Å². The number of aryl methyl sites for hydroxylation is 1. The van der Waals surface area contributed by atoms with Gasteiger partial charge in [0.1, 0.15) is 0 Å². The average Bonchev–Trinajstić information content (AvgIpc) is 3.14. The van der Waals surface area contributed by atoms with Crippen LogP contribution in [0.5, 0.6) is 0 Å². The molecule has 0 spiro atoms. The van der Waals surface area contributed by atoms with Gasteiger partial charge in [0, 0.05) is 32.2 Å². The molecular formula is C15H19N7. The third kappa shape index (κ3) is 2.93. The number of aromatic nitrogens is 4. The standard InChI is InChI=1S/C15H19N7/c1-16-15(17-10-12-6-5-8-21(12)2)18-11-14-20-19-13-7-3-4-9-22(13)14/h3-9H,10-11H2,1-2H3,(H2,16,17,18). The van der Waals surface area contributed by atoms with Crippen molar-refractivity contribution in [2.45, 2.75) is 13.1 Å². The Hall–Kier alpha value is -2.83. The maximum Gasteiger partial charge on any atom is 0.191 e. The second-order valence-electron chi connectivity index (χ2n) is 4.93. The molecule has 0 aliphatic heterocycles. The molecule has 0 unspecified atom stereocenters. The van der Waals surface area contributed by atoms with E-state index in [9.17, 15) is 0 Å². The number of nitrogens with one attached hydrogen (secondary N) is 2. The SMILES string of the molecule is CN=C(NCc1cccn1C)NCc1nnc2ccccn12. The van der Waals surface area contributed by atoms with Gasteiger partial charge in [-0.3, -0.25) is 9.39 Å². The van der Waals surface area contributed by atoms with Crippen molar-refractivity contribution in [3.63, 3.8) is 0 Å². The number of hydrogen-bond acceptors (Lipinski definition) is 3. The Morgan fingerprint density at radius 3 is 2.73 bits per heavy atom. The van der Waals surface area contributed by atoms with Crippen molar-refractivity contribution in [1.82, 2.24) is 29.8 Å². The van der Waals surface area contributed by atoms with Gasteiger partial charge in [-0.1, -0.05) is 6.07 Å². The molecule has 0 aliphatic rings. The zero-order chi connectivity index (χ0) is 15.4. The molecule has 3 aromatic rings. The van der Waals surface area contributed by atoms with E-state index in [2.05, 4.69) is 36.5 Å². The summed E-state index contributed by atoms with van der Waals surface area (Å²) in [5.41, 5.74) is 2.03. The van der Waals surface area contributed by atoms with E-state index >= 15 is 0 Å². The molecule has 7 heteroatoms. The molecule has 0 fully saturated rings. The van der Waals surface area contributed by atoms with Crippen LogP contribution >= 0.6 is 0 Å². The van der Waals surface area contributed by atoms with Crippen LogP contribution in [-0.2, 0) is 20.1 Å². The van der Waals surface area contributed by atoms with Crippen LogP contribution in [0.25, 0.3) is 5.65 Å². The van der Waals surface area contributed by atoms with Crippen LogP contribution < -0.4 is 10.6 Å². The number of fused-ring (bicyclic) bond motifs is 1. The lowest BCUT2D eigenvalue weighted by Crippen LogP contribution is -2.37. The van der Waals surface area contributed by atoms with E-state index in [4.69, 9.17) is 0 Å². The zero-order valence-corrected chi connectivity index (χ0v) is 12.7. The maximum absolute atomic E-state index is 4.22. The summed E-state index contributed by atoms with van der Waals surface area (Å²) in [6, 6.07) is 9.94. The van der Waals surface area contributed by atoms with Gasteiger partial charge in [-0.2, -0.15) is 0 Å². The smallest absolute Gasteiger partial charge is 0.191 e. The molecule has 22 heavy (non-hydrogen) atoms. The average molecular weight is 297 g/mol. The molecular weight excluding hydrogens is 278 g/mol. The van der Waals surface area contributed by atoms with Gasteiger partial charge >= 0.3 is 0 Å². The first kappa shape index (κ1) is 14.1. The lowest BCUT2D eigenvalue weighted by atomic mass is 10.4. The number of hydrogen-bond donors (Lipinski definition) is 2. The third-order valence-electron chi connectivity index (χ3n) is 3.51. The minimum atomic E-state index is 0.554. The summed E-state index contributed by atoms with van der Waals surface area (Å²) in [7, 11) is 3.78. The molecule has 0 atom stereocenters. The molecule has 114 valence electrons. The van der Waals surface area contributed by atoms with Crippen LogP contribution in [0.3, 0.4) is 0 Å². The third-order valence-corrected chi connectivity index (χ3v) is 3.51. The minimum Gasteiger partial charge on any atom is -0.353 e. The first-order valence-electron chi connectivity index (χ1n) is 7.11. The van der Waals surface area contributed by atoms with Gasteiger partial charge in [0.05, 0.1) is 13.1 Å². The van der Waals surface area contributed by atoms with Crippen molar-refractivity contribution in [3.05, 3.63) is 54.2 Å². The Morgan fingerprint density at radius 2 is 1.95 bits per heavy atom. The van der Waals surface area contributed by atoms with E-state index in [0.29, 0.717) is 13.1 Å². The second kappa shape index (κ2) is 6.30.